The van der Waals surface area contributed by atoms with E-state index in [1.54, 1.807) is 18.3 Å². The van der Waals surface area contributed by atoms with Gasteiger partial charge in [0, 0.05) is 10.0 Å². The van der Waals surface area contributed by atoms with Crippen molar-refractivity contribution in [2.75, 3.05) is 5.73 Å². The van der Waals surface area contributed by atoms with Gasteiger partial charge in [-0.2, -0.15) is 5.26 Å². The lowest BCUT2D eigenvalue weighted by Gasteiger charge is -2.01. The largest absolute Gasteiger partial charge is 0.369 e. The van der Waals surface area contributed by atoms with Crippen molar-refractivity contribution in [2.24, 2.45) is 0 Å². The van der Waals surface area contributed by atoms with Gasteiger partial charge in [-0.15, -0.1) is 0 Å². The van der Waals surface area contributed by atoms with Crippen LogP contribution in [0.15, 0.2) is 28.9 Å². The molecule has 0 aliphatic rings. The van der Waals surface area contributed by atoms with Gasteiger partial charge >= 0.3 is 0 Å². The molecule has 0 radical (unpaired) electrons. The lowest BCUT2D eigenvalue weighted by molar-refractivity contribution is 1.32. The number of anilines is 1. The smallest absolute Gasteiger partial charge is 0.197 e. The molecule has 5 heteroatoms. The summed E-state index contributed by atoms with van der Waals surface area (Å²) in [6.07, 6.45) is 1.64. The molecule has 0 aliphatic heterocycles. The SMILES string of the molecule is N#Cc1ccc(Br)c(-c2cnc(N)[nH]2)c1. The number of aromatic amines is 1. The summed E-state index contributed by atoms with van der Waals surface area (Å²) in [5.74, 6) is 0.360. The zero-order valence-electron chi connectivity index (χ0n) is 7.66. The van der Waals surface area contributed by atoms with E-state index in [9.17, 15) is 0 Å². The molecule has 0 aliphatic carbocycles. The zero-order valence-corrected chi connectivity index (χ0v) is 9.25. The summed E-state index contributed by atoms with van der Waals surface area (Å²) in [5.41, 5.74) is 7.75. The van der Waals surface area contributed by atoms with Gasteiger partial charge in [-0.3, -0.25) is 0 Å². The maximum Gasteiger partial charge on any atom is 0.197 e. The first-order valence-corrected chi connectivity index (χ1v) is 5.00. The van der Waals surface area contributed by atoms with Crippen LogP contribution in [0, 0.1) is 11.3 Å². The minimum absolute atomic E-state index is 0.360. The van der Waals surface area contributed by atoms with Crippen molar-refractivity contribution < 1.29 is 0 Å². The maximum atomic E-state index is 8.79. The average Bonchev–Trinajstić information content (AvgIpc) is 2.65. The number of benzene rings is 1. The summed E-state index contributed by atoms with van der Waals surface area (Å²) in [4.78, 5) is 6.82. The van der Waals surface area contributed by atoms with Crippen LogP contribution in [0.3, 0.4) is 0 Å². The van der Waals surface area contributed by atoms with Crippen molar-refractivity contribution in [2.45, 2.75) is 0 Å². The Hall–Kier alpha value is -1.80. The Labute approximate surface area is 94.9 Å². The van der Waals surface area contributed by atoms with Crippen molar-refractivity contribution in [3.05, 3.63) is 34.4 Å². The van der Waals surface area contributed by atoms with Crippen molar-refractivity contribution >= 4 is 21.9 Å². The number of imidazole rings is 1. The van der Waals surface area contributed by atoms with E-state index in [0.29, 0.717) is 11.5 Å². The molecule has 2 aromatic rings. The highest BCUT2D eigenvalue weighted by Crippen LogP contribution is 2.27. The summed E-state index contributed by atoms with van der Waals surface area (Å²) in [6, 6.07) is 7.43. The first-order valence-electron chi connectivity index (χ1n) is 4.21. The number of hydrogen-bond acceptors (Lipinski definition) is 3. The number of rotatable bonds is 1. The molecular weight excluding hydrogens is 256 g/mol. The molecule has 1 aromatic carbocycles. The molecule has 15 heavy (non-hydrogen) atoms. The van der Waals surface area contributed by atoms with Crippen LogP contribution in [0.25, 0.3) is 11.3 Å². The topological polar surface area (TPSA) is 78.5 Å². The highest BCUT2D eigenvalue weighted by molar-refractivity contribution is 9.10. The minimum atomic E-state index is 0.360. The molecule has 4 nitrogen and oxygen atoms in total. The van der Waals surface area contributed by atoms with E-state index in [-0.39, 0.29) is 0 Å². The van der Waals surface area contributed by atoms with E-state index >= 15 is 0 Å². The van der Waals surface area contributed by atoms with E-state index < -0.39 is 0 Å². The Bertz CT molecular complexity index is 539. The molecule has 1 heterocycles. The van der Waals surface area contributed by atoms with Gasteiger partial charge in [-0.05, 0) is 18.2 Å². The maximum absolute atomic E-state index is 8.79. The van der Waals surface area contributed by atoms with Crippen LogP contribution in [0.5, 0.6) is 0 Å². The highest BCUT2D eigenvalue weighted by Gasteiger charge is 2.06. The molecule has 0 bridgehead atoms. The molecule has 2 rings (SSSR count). The van der Waals surface area contributed by atoms with E-state index in [0.717, 1.165) is 15.7 Å². The van der Waals surface area contributed by atoms with E-state index in [1.165, 1.54) is 0 Å². The molecule has 3 N–H and O–H groups in total. The predicted molar refractivity (Wildman–Crippen MR) is 60.9 cm³/mol. The lowest BCUT2D eigenvalue weighted by Crippen LogP contribution is -1.86. The fraction of sp³-hybridized carbons (Fsp3) is 0. The van der Waals surface area contributed by atoms with Crippen molar-refractivity contribution in [3.63, 3.8) is 0 Å². The predicted octanol–water partition coefficient (Wildman–Crippen LogP) is 2.29. The van der Waals surface area contributed by atoms with Crippen LogP contribution in [-0.4, -0.2) is 9.97 Å². The van der Waals surface area contributed by atoms with Gasteiger partial charge in [0.25, 0.3) is 0 Å². The Morgan fingerprint density at radius 3 is 2.87 bits per heavy atom. The van der Waals surface area contributed by atoms with Crippen molar-refractivity contribution in [3.8, 4) is 17.3 Å². The molecule has 74 valence electrons. The van der Waals surface area contributed by atoms with Crippen molar-refractivity contribution in [1.82, 2.24) is 9.97 Å². The summed E-state index contributed by atoms with van der Waals surface area (Å²) in [7, 11) is 0. The van der Waals surface area contributed by atoms with Gasteiger partial charge in [-0.1, -0.05) is 15.9 Å². The van der Waals surface area contributed by atoms with Gasteiger partial charge in [0.2, 0.25) is 0 Å². The third-order valence-corrected chi connectivity index (χ3v) is 2.67. The monoisotopic (exact) mass is 262 g/mol. The molecule has 0 saturated heterocycles. The fourth-order valence-electron chi connectivity index (χ4n) is 1.27. The molecular formula is C10H7BrN4. The summed E-state index contributed by atoms with van der Waals surface area (Å²) in [5, 5.41) is 8.79. The normalized spacial score (nSPS) is 9.87. The van der Waals surface area contributed by atoms with E-state index in [4.69, 9.17) is 11.0 Å². The van der Waals surface area contributed by atoms with Gasteiger partial charge in [0.15, 0.2) is 5.95 Å². The molecule has 0 unspecified atom stereocenters. The first-order chi connectivity index (χ1) is 7.20. The third-order valence-electron chi connectivity index (χ3n) is 1.98. The molecule has 1 aromatic heterocycles. The summed E-state index contributed by atoms with van der Waals surface area (Å²) in [6.45, 7) is 0. The van der Waals surface area contributed by atoms with E-state index in [1.807, 2.05) is 6.07 Å². The standard InChI is InChI=1S/C10H7BrN4/c11-8-2-1-6(4-12)3-7(8)9-5-14-10(13)15-9/h1-3,5H,(H3,13,14,15). The van der Waals surface area contributed by atoms with Gasteiger partial charge in [-0.25, -0.2) is 4.98 Å². The van der Waals surface area contributed by atoms with E-state index in [2.05, 4.69) is 32.0 Å². The Balaban J connectivity index is 2.57. The number of nitriles is 1. The van der Waals surface area contributed by atoms with Gasteiger partial charge in [0.1, 0.15) is 0 Å². The second-order valence-corrected chi connectivity index (χ2v) is 3.84. The fourth-order valence-corrected chi connectivity index (χ4v) is 1.73. The number of nitrogens with zero attached hydrogens (tertiary/aromatic N) is 2. The number of hydrogen-bond donors (Lipinski definition) is 2. The van der Waals surface area contributed by atoms with Crippen LogP contribution in [0.4, 0.5) is 5.95 Å². The second-order valence-electron chi connectivity index (χ2n) is 2.99. The quantitative estimate of drug-likeness (QED) is 0.828. The molecule has 0 spiro atoms. The number of nitrogens with one attached hydrogen (secondary N) is 1. The number of nitrogens with two attached hydrogens (primary N) is 1. The molecule has 0 amide bonds. The van der Waals surface area contributed by atoms with Crippen LogP contribution < -0.4 is 5.73 Å². The molecule has 0 fully saturated rings. The second kappa shape index (κ2) is 3.75. The molecule has 0 saturated carbocycles. The summed E-state index contributed by atoms with van der Waals surface area (Å²) >= 11 is 3.41. The number of halogens is 1. The summed E-state index contributed by atoms with van der Waals surface area (Å²) < 4.78 is 0.894. The average molecular weight is 263 g/mol. The van der Waals surface area contributed by atoms with Gasteiger partial charge < -0.3 is 10.7 Å². The Morgan fingerprint density at radius 2 is 2.27 bits per heavy atom. The van der Waals surface area contributed by atoms with Gasteiger partial charge in [0.05, 0.1) is 23.5 Å². The highest BCUT2D eigenvalue weighted by atomic mass is 79.9. The first kappa shape index (κ1) is 9.74. The minimum Gasteiger partial charge on any atom is -0.369 e. The van der Waals surface area contributed by atoms with Crippen LogP contribution in [-0.2, 0) is 0 Å². The Morgan fingerprint density at radius 1 is 1.47 bits per heavy atom. The van der Waals surface area contributed by atoms with Crippen LogP contribution >= 0.6 is 15.9 Å². The number of H-pyrrole nitrogens is 1. The zero-order chi connectivity index (χ0) is 10.8. The van der Waals surface area contributed by atoms with Crippen LogP contribution in [0.1, 0.15) is 5.56 Å². The molecule has 0 atom stereocenters. The number of aromatic nitrogens is 2. The Kier molecular flexibility index (Phi) is 2.44. The third kappa shape index (κ3) is 1.85. The van der Waals surface area contributed by atoms with Crippen LogP contribution in [0.2, 0.25) is 0 Å². The number of nitrogen functional groups attached to an aromatic ring is 1. The van der Waals surface area contributed by atoms with Crippen molar-refractivity contribution in [1.29, 1.82) is 5.26 Å². The lowest BCUT2D eigenvalue weighted by atomic mass is 10.1.